The Hall–Kier alpha value is -1.93. The molecule has 0 aromatic carbocycles. The Balaban J connectivity index is 1.62. The van der Waals surface area contributed by atoms with Crippen LogP contribution in [0.5, 0.6) is 0 Å². The number of carbonyl (C=O) groups is 1. The van der Waals surface area contributed by atoms with Crippen LogP contribution in [-0.2, 0) is 11.3 Å². The van der Waals surface area contributed by atoms with Gasteiger partial charge in [-0.05, 0) is 50.4 Å². The van der Waals surface area contributed by atoms with Gasteiger partial charge in [0, 0.05) is 25.8 Å². The third-order valence-corrected chi connectivity index (χ3v) is 5.09. The summed E-state index contributed by atoms with van der Waals surface area (Å²) < 4.78 is 2.72. The van der Waals surface area contributed by atoms with E-state index in [1.54, 1.807) is 11.1 Å². The van der Waals surface area contributed by atoms with Crippen LogP contribution in [0.3, 0.4) is 0 Å². The van der Waals surface area contributed by atoms with Crippen LogP contribution < -0.4 is 5.73 Å². The molecule has 0 radical (unpaired) electrons. The number of nitrogens with zero attached hydrogens (tertiary/aromatic N) is 3. The van der Waals surface area contributed by atoms with Crippen LogP contribution in [0.1, 0.15) is 26.2 Å². The van der Waals surface area contributed by atoms with Gasteiger partial charge in [-0.2, -0.15) is 0 Å². The summed E-state index contributed by atoms with van der Waals surface area (Å²) in [5.41, 5.74) is 7.66. The fraction of sp³-hybridized carbons (Fsp3) is 0.562. The number of nitrogens with two attached hydrogens (primary N) is 1. The zero-order chi connectivity index (χ0) is 17.3. The van der Waals surface area contributed by atoms with Gasteiger partial charge in [-0.3, -0.25) is 4.79 Å². The van der Waals surface area contributed by atoms with Crippen molar-refractivity contribution in [2.45, 2.75) is 38.8 Å². The Labute approximate surface area is 145 Å². The molecule has 1 saturated heterocycles. The average molecular weight is 349 g/mol. The fourth-order valence-corrected chi connectivity index (χ4v) is 3.64. The number of imidazole rings is 1. The molecule has 1 fully saturated rings. The Morgan fingerprint density at radius 2 is 2.25 bits per heavy atom. The van der Waals surface area contributed by atoms with Crippen LogP contribution >= 0.6 is 12.2 Å². The molecule has 0 bridgehead atoms. The van der Waals surface area contributed by atoms with Crippen LogP contribution in [0, 0.1) is 10.7 Å². The lowest BCUT2D eigenvalue weighted by atomic mass is 9.93. The monoisotopic (exact) mass is 349 g/mol. The second-order valence-electron chi connectivity index (χ2n) is 6.41. The number of aromatic amines is 1. The molecular weight excluding hydrogens is 326 g/mol. The molecule has 8 heteroatoms. The number of H-pyrrole nitrogens is 1. The first kappa shape index (κ1) is 16.9. The zero-order valence-corrected chi connectivity index (χ0v) is 14.6. The molecule has 0 unspecified atom stereocenters. The number of aliphatic hydroxyl groups excluding tert-OH is 1. The van der Waals surface area contributed by atoms with Gasteiger partial charge < -0.3 is 25.3 Å². The number of fused-ring (bicyclic) bond motifs is 1. The van der Waals surface area contributed by atoms with Gasteiger partial charge in [-0.25, -0.2) is 4.98 Å². The van der Waals surface area contributed by atoms with E-state index >= 15 is 0 Å². The van der Waals surface area contributed by atoms with Crippen LogP contribution in [0.15, 0.2) is 12.3 Å². The lowest BCUT2D eigenvalue weighted by molar-refractivity contribution is -0.140. The smallest absolute Gasteiger partial charge is 0.251 e. The second kappa shape index (κ2) is 6.90. The normalized spacial score (nSPS) is 17.3. The first-order valence-corrected chi connectivity index (χ1v) is 8.68. The van der Waals surface area contributed by atoms with Crippen molar-refractivity contribution in [3.05, 3.63) is 17.0 Å². The minimum atomic E-state index is -0.912. The summed E-state index contributed by atoms with van der Waals surface area (Å²) in [6.07, 6.45) is 3.69. The molecule has 1 aliphatic rings. The topological polar surface area (TPSA) is 100 Å². The van der Waals surface area contributed by atoms with E-state index in [2.05, 4.69) is 14.5 Å². The molecule has 0 aliphatic carbocycles. The number of nitrogens with one attached hydrogen (secondary N) is 1. The van der Waals surface area contributed by atoms with Crippen molar-refractivity contribution in [1.29, 1.82) is 0 Å². The summed E-state index contributed by atoms with van der Waals surface area (Å²) in [5.74, 6) is 0.839. The molecule has 4 N–H and O–H groups in total. The van der Waals surface area contributed by atoms with E-state index in [4.69, 9.17) is 18.0 Å². The number of aromatic nitrogens is 3. The number of nitrogen functional groups attached to an aromatic ring is 1. The summed E-state index contributed by atoms with van der Waals surface area (Å²) in [4.78, 5) is 20.8. The van der Waals surface area contributed by atoms with Crippen LogP contribution in [0.25, 0.3) is 11.0 Å². The molecule has 7 nitrogen and oxygen atoms in total. The molecule has 1 aliphatic heterocycles. The van der Waals surface area contributed by atoms with Gasteiger partial charge in [0.15, 0.2) is 4.77 Å². The number of hydrogen-bond donors (Lipinski definition) is 3. The number of pyridine rings is 1. The predicted octanol–water partition coefficient (Wildman–Crippen LogP) is 1.69. The molecule has 1 amide bonds. The maximum Gasteiger partial charge on any atom is 0.251 e. The Morgan fingerprint density at radius 1 is 1.54 bits per heavy atom. The first-order valence-electron chi connectivity index (χ1n) is 8.27. The van der Waals surface area contributed by atoms with Gasteiger partial charge in [-0.1, -0.05) is 0 Å². The largest absolute Gasteiger partial charge is 0.384 e. The van der Waals surface area contributed by atoms with Gasteiger partial charge in [-0.15, -0.1) is 0 Å². The lowest BCUT2D eigenvalue weighted by Gasteiger charge is -2.32. The van der Waals surface area contributed by atoms with Crippen molar-refractivity contribution in [1.82, 2.24) is 19.4 Å². The number of rotatable bonds is 4. The molecule has 0 saturated carbocycles. The molecule has 24 heavy (non-hydrogen) atoms. The minimum absolute atomic E-state index is 0.171. The van der Waals surface area contributed by atoms with Crippen LogP contribution in [-0.4, -0.2) is 49.6 Å². The molecule has 130 valence electrons. The number of amides is 1. The average Bonchev–Trinajstić information content (AvgIpc) is 2.90. The second-order valence-corrected chi connectivity index (χ2v) is 6.79. The molecule has 2 aromatic rings. The highest BCUT2D eigenvalue weighted by atomic mass is 32.1. The molecular formula is C16H23N5O2S. The number of hydrogen-bond acceptors (Lipinski definition) is 5. The summed E-state index contributed by atoms with van der Waals surface area (Å²) in [6, 6.07) is 1.92. The number of aliphatic hydroxyl groups is 1. The quantitative estimate of drug-likeness (QED) is 0.729. The molecule has 3 heterocycles. The van der Waals surface area contributed by atoms with Crippen LogP contribution in [0.4, 0.5) is 5.82 Å². The predicted molar refractivity (Wildman–Crippen MR) is 94.9 cm³/mol. The highest BCUT2D eigenvalue weighted by Crippen LogP contribution is 2.24. The van der Waals surface area contributed by atoms with Crippen molar-refractivity contribution in [2.24, 2.45) is 5.92 Å². The number of carbonyl (C=O) groups excluding carboxylic acids is 1. The van der Waals surface area contributed by atoms with E-state index in [0.717, 1.165) is 36.8 Å². The van der Waals surface area contributed by atoms with Gasteiger partial charge >= 0.3 is 0 Å². The number of piperidine rings is 1. The van der Waals surface area contributed by atoms with Gasteiger partial charge in [0.2, 0.25) is 0 Å². The fourth-order valence-electron chi connectivity index (χ4n) is 3.34. The van der Waals surface area contributed by atoms with E-state index in [0.29, 0.717) is 29.6 Å². The van der Waals surface area contributed by atoms with Gasteiger partial charge in [0.25, 0.3) is 5.91 Å². The van der Waals surface area contributed by atoms with Crippen LogP contribution in [0.2, 0.25) is 0 Å². The standard InChI is InChI=1S/C16H23N5O2S/c1-10(22)15(23)20-7-3-11(4-8-20)5-9-21-12-2-6-18-14(17)13(12)19-16(21)24/h2,6,10-11,22H,3-5,7-9H2,1H3,(H2,17,18)(H,19,24)/t10-/m0/s1. The summed E-state index contributed by atoms with van der Waals surface area (Å²) in [5, 5.41) is 9.40. The third-order valence-electron chi connectivity index (χ3n) is 4.77. The lowest BCUT2D eigenvalue weighted by Crippen LogP contribution is -2.43. The van der Waals surface area contributed by atoms with Crippen molar-refractivity contribution < 1.29 is 9.90 Å². The Morgan fingerprint density at radius 3 is 2.92 bits per heavy atom. The summed E-state index contributed by atoms with van der Waals surface area (Å²) >= 11 is 5.40. The van der Waals surface area contributed by atoms with Crippen molar-refractivity contribution in [3.8, 4) is 0 Å². The highest BCUT2D eigenvalue weighted by Gasteiger charge is 2.25. The molecule has 2 aromatic heterocycles. The number of likely N-dealkylation sites (tertiary alicyclic amines) is 1. The third kappa shape index (κ3) is 3.29. The first-order chi connectivity index (χ1) is 11.5. The van der Waals surface area contributed by atoms with E-state index in [9.17, 15) is 9.90 Å². The molecule has 3 rings (SSSR count). The highest BCUT2D eigenvalue weighted by molar-refractivity contribution is 7.71. The van der Waals surface area contributed by atoms with E-state index in [1.165, 1.54) is 6.92 Å². The van der Waals surface area contributed by atoms with E-state index < -0.39 is 6.10 Å². The number of aryl methyl sites for hydroxylation is 1. The Bertz CT molecular complexity index is 789. The van der Waals surface area contributed by atoms with Gasteiger partial charge in [0.1, 0.15) is 17.4 Å². The molecule has 1 atom stereocenters. The maximum atomic E-state index is 11.8. The molecule has 0 spiro atoms. The minimum Gasteiger partial charge on any atom is -0.384 e. The van der Waals surface area contributed by atoms with Crippen molar-refractivity contribution >= 4 is 35.0 Å². The van der Waals surface area contributed by atoms with Crippen molar-refractivity contribution in [3.63, 3.8) is 0 Å². The van der Waals surface area contributed by atoms with E-state index in [1.807, 2.05) is 6.07 Å². The maximum absolute atomic E-state index is 11.8. The van der Waals surface area contributed by atoms with Gasteiger partial charge in [0.05, 0.1) is 5.52 Å². The zero-order valence-electron chi connectivity index (χ0n) is 13.7. The van der Waals surface area contributed by atoms with Crippen molar-refractivity contribution in [2.75, 3.05) is 18.8 Å². The number of anilines is 1. The Kier molecular flexibility index (Phi) is 4.86. The summed E-state index contributed by atoms with van der Waals surface area (Å²) in [6.45, 7) is 3.76. The SMILES string of the molecule is C[C@H](O)C(=O)N1CCC(CCn2c(=S)[nH]c3c(N)nccc32)CC1. The van der Waals surface area contributed by atoms with E-state index in [-0.39, 0.29) is 5.91 Å². The summed E-state index contributed by atoms with van der Waals surface area (Å²) in [7, 11) is 0.